The Balaban J connectivity index is 2.40. The van der Waals surface area contributed by atoms with Crippen LogP contribution in [0.5, 0.6) is 0 Å². The van der Waals surface area contributed by atoms with E-state index < -0.39 is 0 Å². The summed E-state index contributed by atoms with van der Waals surface area (Å²) in [5.74, 6) is 0. The predicted molar refractivity (Wildman–Crippen MR) is 71.0 cm³/mol. The van der Waals surface area contributed by atoms with Gasteiger partial charge < -0.3 is 5.73 Å². The summed E-state index contributed by atoms with van der Waals surface area (Å²) in [7, 11) is 0. The lowest BCUT2D eigenvalue weighted by Crippen LogP contribution is -2.08. The summed E-state index contributed by atoms with van der Waals surface area (Å²) in [4.78, 5) is 0. The van der Waals surface area contributed by atoms with Gasteiger partial charge in [-0.2, -0.15) is 0 Å². The van der Waals surface area contributed by atoms with Gasteiger partial charge in [0.05, 0.1) is 23.6 Å². The minimum absolute atomic E-state index is 0.0488. The van der Waals surface area contributed by atoms with E-state index in [-0.39, 0.29) is 6.04 Å². The van der Waals surface area contributed by atoms with Crippen molar-refractivity contribution in [3.63, 3.8) is 0 Å². The minimum atomic E-state index is -0.0488. The molecule has 0 spiro atoms. The predicted octanol–water partition coefficient (Wildman–Crippen LogP) is 2.75. The number of aromatic nitrogens is 3. The van der Waals surface area contributed by atoms with E-state index in [1.807, 2.05) is 38.2 Å². The van der Waals surface area contributed by atoms with Crippen LogP contribution in [-0.4, -0.2) is 15.0 Å². The van der Waals surface area contributed by atoms with Crippen LogP contribution in [0.4, 0.5) is 0 Å². The highest BCUT2D eigenvalue weighted by Crippen LogP contribution is 2.24. The quantitative estimate of drug-likeness (QED) is 0.947. The Hall–Kier alpha value is -1.20. The number of hydrogen-bond donors (Lipinski definition) is 1. The van der Waals surface area contributed by atoms with E-state index in [1.165, 1.54) is 5.56 Å². The Labute approximate surface area is 109 Å². The summed E-state index contributed by atoms with van der Waals surface area (Å²) in [6, 6.07) is 5.99. The normalized spacial score (nSPS) is 12.7. The van der Waals surface area contributed by atoms with E-state index >= 15 is 0 Å². The molecule has 2 rings (SSSR count). The second-order valence-electron chi connectivity index (χ2n) is 4.01. The fourth-order valence-electron chi connectivity index (χ4n) is 1.58. The van der Waals surface area contributed by atoms with Gasteiger partial charge in [0.2, 0.25) is 0 Å². The molecule has 1 aromatic heterocycles. The second kappa shape index (κ2) is 4.98. The largest absolute Gasteiger partial charge is 0.323 e. The lowest BCUT2D eigenvalue weighted by Gasteiger charge is -2.06. The summed E-state index contributed by atoms with van der Waals surface area (Å²) in [6.07, 6.45) is 2.74. The molecule has 4 nitrogen and oxygen atoms in total. The Bertz CT molecular complexity index is 521. The summed E-state index contributed by atoms with van der Waals surface area (Å²) >= 11 is 3.56. The third kappa shape index (κ3) is 2.40. The lowest BCUT2D eigenvalue weighted by atomic mass is 10.2. The number of aryl methyl sites for hydroxylation is 1. The zero-order chi connectivity index (χ0) is 12.4. The highest BCUT2D eigenvalue weighted by molar-refractivity contribution is 9.10. The zero-order valence-electron chi connectivity index (χ0n) is 9.89. The molecule has 0 aliphatic heterocycles. The second-order valence-corrected chi connectivity index (χ2v) is 4.80. The van der Waals surface area contributed by atoms with Crippen LogP contribution >= 0.6 is 15.9 Å². The van der Waals surface area contributed by atoms with Crippen molar-refractivity contribution in [2.75, 3.05) is 0 Å². The fraction of sp³-hybridized carbons (Fsp3) is 0.333. The van der Waals surface area contributed by atoms with Crippen LogP contribution in [0.3, 0.4) is 0 Å². The maximum absolute atomic E-state index is 5.93. The van der Waals surface area contributed by atoms with Crippen LogP contribution in [0.1, 0.15) is 30.6 Å². The molecule has 2 aromatic rings. The third-order valence-corrected chi connectivity index (χ3v) is 3.78. The first-order valence-electron chi connectivity index (χ1n) is 5.56. The molecule has 1 heterocycles. The van der Waals surface area contributed by atoms with Gasteiger partial charge in [-0.1, -0.05) is 24.3 Å². The number of hydrogen-bond acceptors (Lipinski definition) is 3. The Morgan fingerprint density at radius 2 is 2.24 bits per heavy atom. The van der Waals surface area contributed by atoms with Gasteiger partial charge in [0.25, 0.3) is 0 Å². The number of benzene rings is 1. The monoisotopic (exact) mass is 294 g/mol. The van der Waals surface area contributed by atoms with Crippen LogP contribution in [0, 0.1) is 6.92 Å². The Morgan fingerprint density at radius 1 is 1.47 bits per heavy atom. The average Bonchev–Trinajstić information content (AvgIpc) is 2.81. The van der Waals surface area contributed by atoms with E-state index in [0.29, 0.717) is 0 Å². The van der Waals surface area contributed by atoms with Crippen molar-refractivity contribution in [3.8, 4) is 5.69 Å². The van der Waals surface area contributed by atoms with Gasteiger partial charge in [0.15, 0.2) is 0 Å². The first kappa shape index (κ1) is 12.3. The van der Waals surface area contributed by atoms with Crippen molar-refractivity contribution in [3.05, 3.63) is 40.1 Å². The number of nitrogens with zero attached hydrogens (tertiary/aromatic N) is 3. The summed E-state index contributed by atoms with van der Waals surface area (Å²) in [5.41, 5.74) is 8.89. The summed E-state index contributed by atoms with van der Waals surface area (Å²) < 4.78 is 2.78. The molecule has 17 heavy (non-hydrogen) atoms. The highest BCUT2D eigenvalue weighted by Gasteiger charge is 2.11. The molecule has 2 N–H and O–H groups in total. The molecule has 1 unspecified atom stereocenters. The van der Waals surface area contributed by atoms with E-state index in [9.17, 15) is 0 Å². The average molecular weight is 295 g/mol. The van der Waals surface area contributed by atoms with Crippen LogP contribution < -0.4 is 5.73 Å². The maximum Gasteiger partial charge on any atom is 0.0998 e. The van der Waals surface area contributed by atoms with Crippen molar-refractivity contribution in [1.82, 2.24) is 15.0 Å². The number of halogens is 1. The van der Waals surface area contributed by atoms with Crippen LogP contribution in [-0.2, 0) is 0 Å². The molecule has 0 saturated heterocycles. The van der Waals surface area contributed by atoms with Gasteiger partial charge >= 0.3 is 0 Å². The Morgan fingerprint density at radius 3 is 2.94 bits per heavy atom. The topological polar surface area (TPSA) is 56.7 Å². The van der Waals surface area contributed by atoms with Gasteiger partial charge in [-0.3, -0.25) is 0 Å². The van der Waals surface area contributed by atoms with E-state index in [0.717, 1.165) is 22.3 Å². The minimum Gasteiger partial charge on any atom is -0.323 e. The van der Waals surface area contributed by atoms with Crippen molar-refractivity contribution < 1.29 is 0 Å². The molecule has 0 radical (unpaired) electrons. The molecule has 0 saturated carbocycles. The van der Waals surface area contributed by atoms with Crippen molar-refractivity contribution in [2.24, 2.45) is 5.73 Å². The summed E-state index contributed by atoms with van der Waals surface area (Å²) in [6.45, 7) is 4.08. The molecular weight excluding hydrogens is 280 g/mol. The van der Waals surface area contributed by atoms with E-state index in [4.69, 9.17) is 5.73 Å². The van der Waals surface area contributed by atoms with Crippen molar-refractivity contribution >= 4 is 15.9 Å². The van der Waals surface area contributed by atoms with Gasteiger partial charge in [-0.25, -0.2) is 4.68 Å². The SMILES string of the molecule is CCC(N)c1cn(-c2cccc(C)c2Br)nn1. The smallest absolute Gasteiger partial charge is 0.0998 e. The van der Waals surface area contributed by atoms with Gasteiger partial charge in [-0.15, -0.1) is 5.10 Å². The molecule has 0 aliphatic rings. The fourth-order valence-corrected chi connectivity index (χ4v) is 2.03. The summed E-state index contributed by atoms with van der Waals surface area (Å²) in [5, 5.41) is 8.22. The molecule has 0 aliphatic carbocycles. The molecule has 90 valence electrons. The molecule has 1 atom stereocenters. The molecule has 1 aromatic carbocycles. The molecule has 0 fully saturated rings. The molecule has 0 amide bonds. The van der Waals surface area contributed by atoms with Gasteiger partial charge in [-0.05, 0) is 40.9 Å². The zero-order valence-corrected chi connectivity index (χ0v) is 11.5. The lowest BCUT2D eigenvalue weighted by molar-refractivity contribution is 0.670. The standard InChI is InChI=1S/C12H15BrN4/c1-3-9(14)10-7-17(16-15-10)11-6-4-5-8(2)12(11)13/h4-7,9H,3,14H2,1-2H3. The molecule has 5 heteroatoms. The van der Waals surface area contributed by atoms with Crippen LogP contribution in [0.2, 0.25) is 0 Å². The first-order chi connectivity index (χ1) is 8.13. The molecule has 0 bridgehead atoms. The van der Waals surface area contributed by atoms with Crippen LogP contribution in [0.25, 0.3) is 5.69 Å². The van der Waals surface area contributed by atoms with Crippen molar-refractivity contribution in [2.45, 2.75) is 26.3 Å². The molecular formula is C12H15BrN4. The van der Waals surface area contributed by atoms with E-state index in [1.54, 1.807) is 4.68 Å². The third-order valence-electron chi connectivity index (χ3n) is 2.75. The van der Waals surface area contributed by atoms with Crippen LogP contribution in [0.15, 0.2) is 28.9 Å². The van der Waals surface area contributed by atoms with Crippen molar-refractivity contribution in [1.29, 1.82) is 0 Å². The number of nitrogens with two attached hydrogens (primary N) is 1. The maximum atomic E-state index is 5.93. The van der Waals surface area contributed by atoms with Gasteiger partial charge in [0.1, 0.15) is 0 Å². The Kier molecular flexibility index (Phi) is 3.59. The van der Waals surface area contributed by atoms with Gasteiger partial charge in [0, 0.05) is 4.47 Å². The first-order valence-corrected chi connectivity index (χ1v) is 6.36. The highest BCUT2D eigenvalue weighted by atomic mass is 79.9. The van der Waals surface area contributed by atoms with E-state index in [2.05, 4.69) is 26.2 Å². The number of rotatable bonds is 3.